The summed E-state index contributed by atoms with van der Waals surface area (Å²) in [6, 6.07) is 18.7. The van der Waals surface area contributed by atoms with Gasteiger partial charge < -0.3 is 16.9 Å². The first kappa shape index (κ1) is 28.3. The summed E-state index contributed by atoms with van der Waals surface area (Å²) < 4.78 is 10.5. The van der Waals surface area contributed by atoms with Gasteiger partial charge >= 0.3 is 16.5 Å². The van der Waals surface area contributed by atoms with E-state index in [1.54, 1.807) is 38.5 Å². The van der Waals surface area contributed by atoms with Crippen molar-refractivity contribution in [2.75, 3.05) is 14.2 Å². The third-order valence-corrected chi connectivity index (χ3v) is 6.69. The first-order valence-corrected chi connectivity index (χ1v) is 11.7. The first-order valence-electron chi connectivity index (χ1n) is 10.2. The number of rotatable bonds is 4. The molecule has 0 N–H and O–H groups in total. The Bertz CT molecular complexity index is 1380. The molecule has 0 saturated heterocycles. The van der Waals surface area contributed by atoms with Gasteiger partial charge in [0.2, 0.25) is 0 Å². The minimum absolute atomic E-state index is 0. The Morgan fingerprint density at radius 1 is 0.611 bits per heavy atom. The summed E-state index contributed by atoms with van der Waals surface area (Å²) in [5, 5.41) is 3.54. The molecular formula is C27H19Cl4N2NiO2+. The number of nitrogens with zero attached hydrogens (tertiary/aromatic N) is 2. The van der Waals surface area contributed by atoms with Gasteiger partial charge in [0.15, 0.2) is 0 Å². The third-order valence-electron chi connectivity index (χ3n) is 5.54. The van der Waals surface area contributed by atoms with Crippen molar-refractivity contribution >= 4 is 80.0 Å². The van der Waals surface area contributed by atoms with Crippen molar-refractivity contribution in [3.63, 3.8) is 0 Å². The number of methoxy groups -OCH3 is 2. The van der Waals surface area contributed by atoms with Crippen molar-refractivity contribution in [2.45, 2.75) is 0 Å². The topological polar surface area (TPSA) is 43.2 Å². The van der Waals surface area contributed by atoms with E-state index in [1.807, 2.05) is 36.4 Å². The van der Waals surface area contributed by atoms with E-state index in [0.717, 1.165) is 21.9 Å². The van der Waals surface area contributed by atoms with E-state index >= 15 is 0 Å². The van der Waals surface area contributed by atoms with E-state index in [2.05, 4.69) is 0 Å². The van der Waals surface area contributed by atoms with Crippen LogP contribution in [0.2, 0.25) is 20.1 Å². The van der Waals surface area contributed by atoms with Crippen LogP contribution < -0.4 is 9.47 Å². The second kappa shape index (κ2) is 11.4. The maximum atomic E-state index is 6.53. The van der Waals surface area contributed by atoms with E-state index < -0.39 is 0 Å². The predicted octanol–water partition coefficient (Wildman–Crippen LogP) is 9.17. The minimum atomic E-state index is 0. The van der Waals surface area contributed by atoms with Crippen molar-refractivity contribution in [3.05, 3.63) is 99.3 Å². The summed E-state index contributed by atoms with van der Waals surface area (Å²) in [4.78, 5) is 9.80. The zero-order valence-electron chi connectivity index (χ0n) is 19.3. The molecule has 0 aromatic heterocycles. The number of ether oxygens (including phenoxy) is 2. The van der Waals surface area contributed by atoms with Gasteiger partial charge in [0.25, 0.3) is 0 Å². The molecule has 36 heavy (non-hydrogen) atoms. The minimum Gasteiger partial charge on any atom is -0.497 e. The molecule has 0 radical (unpaired) electrons. The second-order valence-electron chi connectivity index (χ2n) is 7.51. The average molecular weight is 604 g/mol. The molecule has 0 bridgehead atoms. The number of aliphatic imine (C=N–C) groups is 2. The van der Waals surface area contributed by atoms with E-state index in [4.69, 9.17) is 65.9 Å². The Morgan fingerprint density at radius 2 is 0.972 bits per heavy atom. The molecule has 1 aliphatic rings. The van der Waals surface area contributed by atoms with Crippen LogP contribution in [0.5, 0.6) is 11.5 Å². The van der Waals surface area contributed by atoms with Crippen molar-refractivity contribution in [3.8, 4) is 11.5 Å². The molecular weight excluding hydrogens is 585 g/mol. The van der Waals surface area contributed by atoms with Crippen LogP contribution in [0.15, 0.2) is 70.6 Å². The summed E-state index contributed by atoms with van der Waals surface area (Å²) in [5.74, 6) is 1.09. The van der Waals surface area contributed by atoms with Gasteiger partial charge in [-0.2, -0.15) is 0 Å². The van der Waals surface area contributed by atoms with Crippen LogP contribution >= 0.6 is 46.4 Å². The summed E-state index contributed by atoms with van der Waals surface area (Å²) in [5.41, 5.74) is 3.89. The number of halogens is 4. The van der Waals surface area contributed by atoms with Crippen LogP contribution in [0.25, 0.3) is 10.8 Å². The normalized spacial score (nSPS) is 14.1. The smallest absolute Gasteiger partial charge is 0.497 e. The second-order valence-corrected chi connectivity index (χ2v) is 9.14. The maximum absolute atomic E-state index is 6.53. The van der Waals surface area contributed by atoms with Crippen LogP contribution in [0, 0.1) is 7.43 Å². The van der Waals surface area contributed by atoms with Crippen LogP contribution in [-0.4, -0.2) is 25.6 Å². The van der Waals surface area contributed by atoms with Crippen molar-refractivity contribution in [2.24, 2.45) is 9.98 Å². The summed E-state index contributed by atoms with van der Waals surface area (Å²) in [6.45, 7) is 0. The Morgan fingerprint density at radius 3 is 1.31 bits per heavy atom. The van der Waals surface area contributed by atoms with Crippen LogP contribution in [0.1, 0.15) is 11.1 Å². The molecule has 0 fully saturated rings. The van der Waals surface area contributed by atoms with Crippen LogP contribution in [-0.2, 0) is 16.5 Å². The van der Waals surface area contributed by atoms with Crippen LogP contribution in [0.3, 0.4) is 0 Å². The average Bonchev–Trinajstić information content (AvgIpc) is 3.12. The first-order chi connectivity index (χ1) is 16.4. The van der Waals surface area contributed by atoms with Gasteiger partial charge in [-0.25, -0.2) is 9.98 Å². The zero-order valence-corrected chi connectivity index (χ0v) is 23.3. The largest absolute Gasteiger partial charge is 2.00 e. The molecule has 0 atom stereocenters. The molecule has 1 aliphatic carbocycles. The van der Waals surface area contributed by atoms with Crippen molar-refractivity contribution < 1.29 is 26.0 Å². The molecule has 5 rings (SSSR count). The Hall–Kier alpha value is -2.27. The van der Waals surface area contributed by atoms with Crippen molar-refractivity contribution in [1.29, 1.82) is 0 Å². The summed E-state index contributed by atoms with van der Waals surface area (Å²) >= 11 is 26.1. The van der Waals surface area contributed by atoms with Gasteiger partial charge in [0.1, 0.15) is 22.9 Å². The molecule has 4 aromatic carbocycles. The fourth-order valence-electron chi connectivity index (χ4n) is 3.97. The number of hydrogen-bond donors (Lipinski definition) is 0. The van der Waals surface area contributed by atoms with Gasteiger partial charge in [-0.3, -0.25) is 0 Å². The van der Waals surface area contributed by atoms with E-state index in [9.17, 15) is 0 Å². The van der Waals surface area contributed by atoms with Gasteiger partial charge in [-0.05, 0) is 5.39 Å². The van der Waals surface area contributed by atoms with Crippen LogP contribution in [0.4, 0.5) is 11.4 Å². The molecule has 0 spiro atoms. The number of hydrogen-bond acceptors (Lipinski definition) is 4. The zero-order chi connectivity index (χ0) is 24.0. The number of benzene rings is 4. The molecule has 4 nitrogen and oxygen atoms in total. The Kier molecular flexibility index (Phi) is 8.98. The fourth-order valence-corrected chi connectivity index (χ4v) is 5.08. The van der Waals surface area contributed by atoms with E-state index in [0.29, 0.717) is 54.4 Å². The van der Waals surface area contributed by atoms with E-state index in [-0.39, 0.29) is 23.9 Å². The summed E-state index contributed by atoms with van der Waals surface area (Å²) in [6.07, 6.45) is 0. The SMILES string of the molecule is COc1cc(Cl)c(N=C2C(=Nc3c(Cl)cc(OC)cc3Cl)c3cccc4cccc2c34)c(Cl)c1.[CH3-].[Ni+2]. The standard InChI is InChI=1S/C26H16Cl4N2O2.CH3.Ni/c1-33-14-9-18(27)25(19(28)10-14)31-23-16-7-3-5-13-6-4-8-17(22(13)16)24(23)32-26-20(29)11-15(34-2)12-21(26)30;;/h3-12H,1-2H3;1H3;/q;-1;+2. The molecule has 0 amide bonds. The predicted molar refractivity (Wildman–Crippen MR) is 149 cm³/mol. The third kappa shape index (κ3) is 4.96. The molecule has 4 aromatic rings. The van der Waals surface area contributed by atoms with E-state index in [1.165, 1.54) is 0 Å². The molecule has 186 valence electrons. The molecule has 0 heterocycles. The molecule has 9 heteroatoms. The maximum Gasteiger partial charge on any atom is 2.00 e. The van der Waals surface area contributed by atoms with Gasteiger partial charge in [-0.15, -0.1) is 0 Å². The Labute approximate surface area is 239 Å². The summed E-state index contributed by atoms with van der Waals surface area (Å²) in [7, 11) is 3.10. The van der Waals surface area contributed by atoms with Gasteiger partial charge in [0, 0.05) is 40.8 Å². The molecule has 0 aliphatic heterocycles. The van der Waals surface area contributed by atoms with Crippen molar-refractivity contribution in [1.82, 2.24) is 0 Å². The van der Waals surface area contributed by atoms with Gasteiger partial charge in [-0.1, -0.05) is 82.8 Å². The molecule has 0 unspecified atom stereocenters. The Balaban J connectivity index is 0.00000180. The quantitative estimate of drug-likeness (QED) is 0.172. The fraction of sp³-hybridized carbons (Fsp3) is 0.0741. The monoisotopic (exact) mass is 601 g/mol. The van der Waals surface area contributed by atoms with Gasteiger partial charge in [0.05, 0.1) is 45.7 Å². The molecule has 0 saturated carbocycles.